The van der Waals surface area contributed by atoms with Crippen LogP contribution in [0.1, 0.15) is 32.2 Å². The Labute approximate surface area is 150 Å². The van der Waals surface area contributed by atoms with E-state index in [-0.39, 0.29) is 12.5 Å². The van der Waals surface area contributed by atoms with Gasteiger partial charge in [-0.15, -0.1) is 5.06 Å². The van der Waals surface area contributed by atoms with Gasteiger partial charge in [-0.2, -0.15) is 0 Å². The third kappa shape index (κ3) is 3.55. The first kappa shape index (κ1) is 17.6. The number of esters is 1. The highest BCUT2D eigenvalue weighted by atomic mass is 16.7. The van der Waals surface area contributed by atoms with E-state index in [1.54, 1.807) is 30.3 Å². The number of hydrogen-bond donors (Lipinski definition) is 0. The third-order valence-electron chi connectivity index (χ3n) is 4.03. The number of hydroxylamine groups is 2. The van der Waals surface area contributed by atoms with Crippen molar-refractivity contribution in [2.75, 3.05) is 13.7 Å². The van der Waals surface area contributed by atoms with Crippen LogP contribution in [0.25, 0.3) is 0 Å². The summed E-state index contributed by atoms with van der Waals surface area (Å²) >= 11 is 0. The molecule has 26 heavy (non-hydrogen) atoms. The number of rotatable bonds is 6. The van der Waals surface area contributed by atoms with Gasteiger partial charge in [0.05, 0.1) is 24.8 Å². The van der Waals surface area contributed by atoms with Gasteiger partial charge in [0.2, 0.25) is 0 Å². The Morgan fingerprint density at radius 3 is 2.15 bits per heavy atom. The van der Waals surface area contributed by atoms with E-state index in [2.05, 4.69) is 4.74 Å². The van der Waals surface area contributed by atoms with Crippen LogP contribution >= 0.6 is 0 Å². The number of amides is 2. The Morgan fingerprint density at radius 2 is 1.58 bits per heavy atom. The number of carbonyl (C=O) groups is 3. The lowest BCUT2D eigenvalue weighted by Crippen LogP contribution is -2.31. The lowest BCUT2D eigenvalue weighted by atomic mass is 10.00. The van der Waals surface area contributed by atoms with Gasteiger partial charge < -0.3 is 4.74 Å². The van der Waals surface area contributed by atoms with Crippen LogP contribution in [0.2, 0.25) is 0 Å². The van der Waals surface area contributed by atoms with E-state index in [9.17, 15) is 14.4 Å². The Kier molecular flexibility index (Phi) is 5.24. The second-order valence-corrected chi connectivity index (χ2v) is 5.65. The van der Waals surface area contributed by atoms with Crippen molar-refractivity contribution in [3.05, 3.63) is 83.4 Å². The van der Waals surface area contributed by atoms with Crippen LogP contribution in [0.4, 0.5) is 0 Å². The largest absolute Gasteiger partial charge is 0.466 e. The maximum atomic E-state index is 12.4. The van der Waals surface area contributed by atoms with Gasteiger partial charge >= 0.3 is 5.97 Å². The molecular formula is C20H17NO5. The molecule has 1 heterocycles. The number of hydrogen-bond acceptors (Lipinski definition) is 5. The summed E-state index contributed by atoms with van der Waals surface area (Å²) in [4.78, 5) is 41.6. The summed E-state index contributed by atoms with van der Waals surface area (Å²) in [6.07, 6.45) is 2.92. The lowest BCUT2D eigenvalue weighted by Gasteiger charge is -2.18. The molecule has 2 aromatic rings. The molecule has 0 fully saturated rings. The van der Waals surface area contributed by atoms with Crippen LogP contribution in [0.3, 0.4) is 0 Å². The number of fused-ring (bicyclic) bond motifs is 1. The number of ether oxygens (including phenoxy) is 1. The molecule has 6 nitrogen and oxygen atoms in total. The molecule has 1 aliphatic rings. The smallest absolute Gasteiger partial charge is 0.330 e. The molecule has 0 N–H and O–H groups in total. The zero-order chi connectivity index (χ0) is 18.5. The minimum Gasteiger partial charge on any atom is -0.466 e. The van der Waals surface area contributed by atoms with Gasteiger partial charge in [-0.1, -0.05) is 48.5 Å². The van der Waals surface area contributed by atoms with Crippen molar-refractivity contribution in [1.82, 2.24) is 5.06 Å². The van der Waals surface area contributed by atoms with E-state index in [4.69, 9.17) is 4.84 Å². The Hall–Kier alpha value is -3.25. The summed E-state index contributed by atoms with van der Waals surface area (Å²) in [6, 6.07) is 15.9. The maximum absolute atomic E-state index is 12.4. The fraction of sp³-hybridized carbons (Fsp3) is 0.150. The molecular weight excluding hydrogens is 334 g/mol. The van der Waals surface area contributed by atoms with Crippen molar-refractivity contribution in [3.63, 3.8) is 0 Å². The van der Waals surface area contributed by atoms with Gasteiger partial charge in [0.1, 0.15) is 0 Å². The molecule has 0 aliphatic carbocycles. The lowest BCUT2D eigenvalue weighted by molar-refractivity contribution is -0.134. The Morgan fingerprint density at radius 1 is 1.00 bits per heavy atom. The van der Waals surface area contributed by atoms with Crippen molar-refractivity contribution in [2.24, 2.45) is 0 Å². The Bertz CT molecular complexity index is 825. The van der Waals surface area contributed by atoms with Crippen molar-refractivity contribution in [1.29, 1.82) is 0 Å². The molecule has 0 spiro atoms. The average molecular weight is 351 g/mol. The molecule has 1 aliphatic heterocycles. The quantitative estimate of drug-likeness (QED) is 0.455. The van der Waals surface area contributed by atoms with E-state index in [1.807, 2.05) is 30.3 Å². The molecule has 1 unspecified atom stereocenters. The van der Waals surface area contributed by atoms with Crippen LogP contribution in [0.5, 0.6) is 0 Å². The van der Waals surface area contributed by atoms with E-state index in [0.29, 0.717) is 11.1 Å². The molecule has 132 valence electrons. The second kappa shape index (κ2) is 7.76. The van der Waals surface area contributed by atoms with Gasteiger partial charge in [0.15, 0.2) is 0 Å². The molecule has 0 bridgehead atoms. The first-order valence-corrected chi connectivity index (χ1v) is 8.03. The summed E-state index contributed by atoms with van der Waals surface area (Å²) in [5.74, 6) is -1.81. The molecule has 6 heteroatoms. The molecule has 2 aromatic carbocycles. The van der Waals surface area contributed by atoms with Crippen LogP contribution in [-0.2, 0) is 14.4 Å². The number of carbonyl (C=O) groups excluding carboxylic acids is 3. The van der Waals surface area contributed by atoms with Crippen LogP contribution in [0, 0.1) is 0 Å². The van der Waals surface area contributed by atoms with Gasteiger partial charge in [-0.25, -0.2) is 4.79 Å². The van der Waals surface area contributed by atoms with Gasteiger partial charge in [-0.3, -0.25) is 14.4 Å². The first-order chi connectivity index (χ1) is 12.6. The number of nitrogens with zero attached hydrogens (tertiary/aromatic N) is 1. The normalized spacial score (nSPS) is 14.6. The van der Waals surface area contributed by atoms with Gasteiger partial charge in [0.25, 0.3) is 11.8 Å². The first-order valence-electron chi connectivity index (χ1n) is 8.03. The predicted molar refractivity (Wildman–Crippen MR) is 93.2 cm³/mol. The van der Waals surface area contributed by atoms with Crippen molar-refractivity contribution in [3.8, 4) is 0 Å². The minimum atomic E-state index is -0.494. The SMILES string of the molecule is COC(=O)/C=C/C(CON1C(=O)c2ccccc2C1=O)c1ccccc1. The predicted octanol–water partition coefficient (Wildman–Crippen LogP) is 2.73. The molecule has 0 radical (unpaired) electrons. The zero-order valence-corrected chi connectivity index (χ0v) is 14.1. The van der Waals surface area contributed by atoms with Gasteiger partial charge in [0, 0.05) is 12.0 Å². The van der Waals surface area contributed by atoms with Crippen molar-refractivity contribution in [2.45, 2.75) is 5.92 Å². The van der Waals surface area contributed by atoms with E-state index >= 15 is 0 Å². The second-order valence-electron chi connectivity index (χ2n) is 5.65. The highest BCUT2D eigenvalue weighted by Crippen LogP contribution is 2.25. The summed E-state index contributed by atoms with van der Waals surface area (Å²) in [5, 5.41) is 0.770. The highest BCUT2D eigenvalue weighted by Gasteiger charge is 2.36. The molecule has 0 saturated heterocycles. The van der Waals surface area contributed by atoms with Crippen LogP contribution in [0.15, 0.2) is 66.7 Å². The zero-order valence-electron chi connectivity index (χ0n) is 14.1. The standard InChI is InChI=1S/C20H17NO5/c1-25-18(22)12-11-15(14-7-3-2-4-8-14)13-26-21-19(23)16-9-5-6-10-17(16)20(21)24/h2-12,15H,13H2,1H3/b12-11+. The number of benzene rings is 2. The Balaban J connectivity index is 1.76. The molecule has 3 rings (SSSR count). The van der Waals surface area contributed by atoms with E-state index in [0.717, 1.165) is 10.6 Å². The minimum absolute atomic E-state index is 0.0168. The van der Waals surface area contributed by atoms with Crippen molar-refractivity contribution >= 4 is 17.8 Å². The average Bonchev–Trinajstić information content (AvgIpc) is 2.93. The summed E-state index contributed by atoms with van der Waals surface area (Å²) in [6.45, 7) is 0.0168. The van der Waals surface area contributed by atoms with E-state index in [1.165, 1.54) is 13.2 Å². The number of imide groups is 1. The summed E-state index contributed by atoms with van der Waals surface area (Å²) < 4.78 is 4.61. The van der Waals surface area contributed by atoms with E-state index < -0.39 is 17.8 Å². The number of methoxy groups -OCH3 is 1. The summed E-state index contributed by atoms with van der Waals surface area (Å²) in [5.41, 5.74) is 1.52. The molecule has 0 saturated carbocycles. The van der Waals surface area contributed by atoms with Gasteiger partial charge in [-0.05, 0) is 17.7 Å². The topological polar surface area (TPSA) is 72.9 Å². The summed E-state index contributed by atoms with van der Waals surface area (Å²) in [7, 11) is 1.29. The highest BCUT2D eigenvalue weighted by molar-refractivity contribution is 6.20. The maximum Gasteiger partial charge on any atom is 0.330 e. The molecule has 2 amide bonds. The van der Waals surface area contributed by atoms with Crippen molar-refractivity contribution < 1.29 is 24.0 Å². The monoisotopic (exact) mass is 351 g/mol. The van der Waals surface area contributed by atoms with Crippen LogP contribution in [-0.4, -0.2) is 36.6 Å². The van der Waals surface area contributed by atoms with Crippen LogP contribution < -0.4 is 0 Å². The third-order valence-corrected chi connectivity index (χ3v) is 4.03. The molecule has 1 atom stereocenters. The fourth-order valence-electron chi connectivity index (χ4n) is 2.67. The molecule has 0 aromatic heterocycles. The fourth-order valence-corrected chi connectivity index (χ4v) is 2.67.